The van der Waals surface area contributed by atoms with Crippen LogP contribution in [0.4, 0.5) is 0 Å². The van der Waals surface area contributed by atoms with Crippen LogP contribution in [0.1, 0.15) is 31.9 Å². The van der Waals surface area contributed by atoms with E-state index in [4.69, 9.17) is 5.11 Å². The normalized spacial score (nSPS) is 22.1. The van der Waals surface area contributed by atoms with E-state index in [0.717, 1.165) is 11.3 Å². The van der Waals surface area contributed by atoms with E-state index >= 15 is 0 Å². The largest absolute Gasteiger partial charge is 0.481 e. The Morgan fingerprint density at radius 3 is 2.50 bits per heavy atom. The van der Waals surface area contributed by atoms with Crippen molar-refractivity contribution in [3.05, 3.63) is 29.8 Å². The molecule has 0 heterocycles. The maximum Gasteiger partial charge on any atom is 0.307 e. The fraction of sp³-hybridized carbons (Fsp3) is 0.467. The lowest BCUT2D eigenvalue weighted by Crippen LogP contribution is -2.29. The average molecular weight is 293 g/mol. The highest BCUT2D eigenvalue weighted by atomic mass is 32.2. The summed E-state index contributed by atoms with van der Waals surface area (Å²) in [5.74, 6) is -0.852. The molecule has 5 heteroatoms. The van der Waals surface area contributed by atoms with Gasteiger partial charge in [-0.25, -0.2) is 0 Å². The number of carbonyl (C=O) groups excluding carboxylic acids is 1. The Labute approximate surface area is 123 Å². The van der Waals surface area contributed by atoms with Crippen molar-refractivity contribution in [1.29, 1.82) is 0 Å². The highest BCUT2D eigenvalue weighted by Gasteiger charge is 2.48. The van der Waals surface area contributed by atoms with Crippen LogP contribution in [-0.4, -0.2) is 22.7 Å². The molecule has 1 fully saturated rings. The molecule has 20 heavy (non-hydrogen) atoms. The third-order valence-electron chi connectivity index (χ3n) is 3.49. The standard InChI is InChI=1S/C15H19NO3S/c1-3-20-11-6-4-10(5-7-11)9(2)16-14(17)12-8-13(12)15(18)19/h4-7,9,12-13H,3,8H2,1-2H3,(H,16,17)(H,18,19). The van der Waals surface area contributed by atoms with Gasteiger partial charge in [0.2, 0.25) is 5.91 Å². The highest BCUT2D eigenvalue weighted by molar-refractivity contribution is 7.99. The molecule has 0 saturated heterocycles. The zero-order chi connectivity index (χ0) is 14.7. The van der Waals surface area contributed by atoms with Gasteiger partial charge in [0.15, 0.2) is 0 Å². The smallest absolute Gasteiger partial charge is 0.307 e. The van der Waals surface area contributed by atoms with Crippen molar-refractivity contribution in [3.63, 3.8) is 0 Å². The molecule has 4 nitrogen and oxygen atoms in total. The van der Waals surface area contributed by atoms with Crippen LogP contribution in [0, 0.1) is 11.8 Å². The first-order chi connectivity index (χ1) is 9.52. The summed E-state index contributed by atoms with van der Waals surface area (Å²) in [6.07, 6.45) is 0.458. The number of nitrogens with one attached hydrogen (secondary N) is 1. The Kier molecular flexibility index (Phi) is 4.70. The second-order valence-corrected chi connectivity index (χ2v) is 6.36. The van der Waals surface area contributed by atoms with Gasteiger partial charge in [-0.05, 0) is 36.8 Å². The molecule has 2 rings (SSSR count). The van der Waals surface area contributed by atoms with Crippen molar-refractivity contribution < 1.29 is 14.7 Å². The van der Waals surface area contributed by atoms with Crippen molar-refractivity contribution >= 4 is 23.6 Å². The molecule has 3 unspecified atom stereocenters. The van der Waals surface area contributed by atoms with E-state index in [9.17, 15) is 9.59 Å². The molecule has 0 spiro atoms. The topological polar surface area (TPSA) is 66.4 Å². The summed E-state index contributed by atoms with van der Waals surface area (Å²) < 4.78 is 0. The number of aliphatic carboxylic acids is 1. The summed E-state index contributed by atoms with van der Waals surface area (Å²) in [6, 6.07) is 8.00. The van der Waals surface area contributed by atoms with E-state index in [1.165, 1.54) is 4.90 Å². The van der Waals surface area contributed by atoms with Crippen molar-refractivity contribution in [1.82, 2.24) is 5.32 Å². The van der Waals surface area contributed by atoms with Crippen LogP contribution < -0.4 is 5.32 Å². The molecule has 0 radical (unpaired) electrons. The van der Waals surface area contributed by atoms with E-state index in [0.29, 0.717) is 6.42 Å². The van der Waals surface area contributed by atoms with Gasteiger partial charge in [0.1, 0.15) is 0 Å². The minimum Gasteiger partial charge on any atom is -0.481 e. The van der Waals surface area contributed by atoms with Crippen LogP contribution in [0.5, 0.6) is 0 Å². The van der Waals surface area contributed by atoms with Crippen LogP contribution in [0.15, 0.2) is 29.2 Å². The first kappa shape index (κ1) is 14.9. The number of amides is 1. The quantitative estimate of drug-likeness (QED) is 0.791. The lowest BCUT2D eigenvalue weighted by molar-refractivity contribution is -0.140. The van der Waals surface area contributed by atoms with Crippen LogP contribution in [0.2, 0.25) is 0 Å². The molecule has 1 saturated carbocycles. The Bertz CT molecular complexity index is 500. The third-order valence-corrected chi connectivity index (χ3v) is 4.39. The maximum atomic E-state index is 11.9. The van der Waals surface area contributed by atoms with Gasteiger partial charge < -0.3 is 10.4 Å². The molecular formula is C15H19NO3S. The molecule has 3 atom stereocenters. The van der Waals surface area contributed by atoms with E-state index in [2.05, 4.69) is 12.2 Å². The van der Waals surface area contributed by atoms with Gasteiger partial charge in [-0.1, -0.05) is 19.1 Å². The van der Waals surface area contributed by atoms with Crippen molar-refractivity contribution in [2.24, 2.45) is 11.8 Å². The summed E-state index contributed by atoms with van der Waals surface area (Å²) in [6.45, 7) is 4.02. The number of thioether (sulfide) groups is 1. The summed E-state index contributed by atoms with van der Waals surface area (Å²) >= 11 is 1.78. The van der Waals surface area contributed by atoms with E-state index in [-0.39, 0.29) is 17.9 Å². The summed E-state index contributed by atoms with van der Waals surface area (Å²) in [4.78, 5) is 23.9. The number of rotatable bonds is 6. The Balaban J connectivity index is 1.90. The molecule has 1 aromatic carbocycles. The zero-order valence-electron chi connectivity index (χ0n) is 11.6. The predicted molar refractivity (Wildman–Crippen MR) is 78.6 cm³/mol. The minimum absolute atomic E-state index is 0.0989. The molecular weight excluding hydrogens is 274 g/mol. The molecule has 0 aromatic heterocycles. The zero-order valence-corrected chi connectivity index (χ0v) is 12.4. The van der Waals surface area contributed by atoms with E-state index in [1.807, 2.05) is 31.2 Å². The molecule has 108 valence electrons. The number of carboxylic acid groups (broad SMARTS) is 1. The van der Waals surface area contributed by atoms with Crippen LogP contribution in [0.3, 0.4) is 0 Å². The second-order valence-electron chi connectivity index (χ2n) is 5.02. The van der Waals surface area contributed by atoms with Crippen LogP contribution >= 0.6 is 11.8 Å². The fourth-order valence-corrected chi connectivity index (χ4v) is 2.84. The van der Waals surface area contributed by atoms with Gasteiger partial charge in [-0.15, -0.1) is 11.8 Å². The molecule has 1 aliphatic rings. The Morgan fingerprint density at radius 2 is 2.00 bits per heavy atom. The minimum atomic E-state index is -0.876. The third kappa shape index (κ3) is 3.54. The summed E-state index contributed by atoms with van der Waals surface area (Å²) in [7, 11) is 0. The first-order valence-electron chi connectivity index (χ1n) is 6.79. The Hall–Kier alpha value is -1.49. The van der Waals surface area contributed by atoms with Gasteiger partial charge >= 0.3 is 5.97 Å². The molecule has 0 aliphatic heterocycles. The summed E-state index contributed by atoms with van der Waals surface area (Å²) in [5, 5.41) is 11.7. The van der Waals surface area contributed by atoms with Gasteiger partial charge in [-0.2, -0.15) is 0 Å². The van der Waals surface area contributed by atoms with Crippen molar-refractivity contribution in [2.75, 3.05) is 5.75 Å². The molecule has 1 aliphatic carbocycles. The predicted octanol–water partition coefficient (Wildman–Crippen LogP) is 2.70. The van der Waals surface area contributed by atoms with Crippen molar-refractivity contribution in [3.8, 4) is 0 Å². The number of carboxylic acids is 1. The lowest BCUT2D eigenvalue weighted by Gasteiger charge is -2.14. The number of carbonyl (C=O) groups is 2. The van der Waals surface area contributed by atoms with E-state index < -0.39 is 11.9 Å². The van der Waals surface area contributed by atoms with Gasteiger partial charge in [0.25, 0.3) is 0 Å². The maximum absolute atomic E-state index is 11.9. The number of hydrogen-bond acceptors (Lipinski definition) is 3. The number of hydrogen-bond donors (Lipinski definition) is 2. The van der Waals surface area contributed by atoms with Gasteiger partial charge in [-0.3, -0.25) is 9.59 Å². The van der Waals surface area contributed by atoms with Gasteiger partial charge in [0.05, 0.1) is 17.9 Å². The average Bonchev–Trinajstić information content (AvgIpc) is 3.20. The van der Waals surface area contributed by atoms with E-state index in [1.54, 1.807) is 11.8 Å². The molecule has 1 aromatic rings. The molecule has 0 bridgehead atoms. The SMILES string of the molecule is CCSc1ccc(C(C)NC(=O)C2CC2C(=O)O)cc1. The molecule has 1 amide bonds. The monoisotopic (exact) mass is 293 g/mol. The lowest BCUT2D eigenvalue weighted by atomic mass is 10.1. The first-order valence-corrected chi connectivity index (χ1v) is 7.77. The molecule has 2 N–H and O–H groups in total. The fourth-order valence-electron chi connectivity index (χ4n) is 2.18. The summed E-state index contributed by atoms with van der Waals surface area (Å²) in [5.41, 5.74) is 1.03. The van der Waals surface area contributed by atoms with Gasteiger partial charge in [0, 0.05) is 4.90 Å². The second kappa shape index (κ2) is 6.31. The Morgan fingerprint density at radius 1 is 1.35 bits per heavy atom. The van der Waals surface area contributed by atoms with Crippen LogP contribution in [-0.2, 0) is 9.59 Å². The number of benzene rings is 1. The van der Waals surface area contributed by atoms with Crippen molar-refractivity contribution in [2.45, 2.75) is 31.2 Å². The highest BCUT2D eigenvalue weighted by Crippen LogP contribution is 2.39. The van der Waals surface area contributed by atoms with Crippen LogP contribution in [0.25, 0.3) is 0 Å².